The van der Waals surface area contributed by atoms with Crippen molar-refractivity contribution in [2.75, 3.05) is 14.2 Å². The van der Waals surface area contributed by atoms with Crippen LogP contribution in [-0.2, 0) is 0 Å². The maximum atomic E-state index is 12.6. The summed E-state index contributed by atoms with van der Waals surface area (Å²) in [5.74, 6) is -2.41. The molecule has 1 nitrogen and oxygen atoms in total. The van der Waals surface area contributed by atoms with Gasteiger partial charge in [0.1, 0.15) is 0 Å². The van der Waals surface area contributed by atoms with Gasteiger partial charge in [0.15, 0.2) is 0 Å². The molecule has 1 N–H and O–H groups in total. The van der Waals surface area contributed by atoms with Crippen LogP contribution in [0.15, 0.2) is 35.9 Å². The summed E-state index contributed by atoms with van der Waals surface area (Å²) in [7, 11) is 2.24. The van der Waals surface area contributed by atoms with E-state index in [0.29, 0.717) is 18.6 Å². The normalized spacial score (nSPS) is 19.1. The van der Waals surface area contributed by atoms with Gasteiger partial charge < -0.3 is 5.32 Å². The lowest BCUT2D eigenvalue weighted by Gasteiger charge is -2.28. The molecule has 1 unspecified atom stereocenters. The largest absolute Gasteiger partial charge is 0.317 e. The first-order valence-electron chi connectivity index (χ1n) is 7.39. The van der Waals surface area contributed by atoms with Gasteiger partial charge in [0.05, 0.1) is 7.18 Å². The monoisotopic (exact) mass is 341 g/mol. The Kier molecular flexibility index (Phi) is 19.8. The van der Waals surface area contributed by atoms with Crippen molar-refractivity contribution in [2.45, 2.75) is 58.4 Å². The van der Waals surface area contributed by atoms with E-state index in [1.807, 2.05) is 26.8 Å². The summed E-state index contributed by atoms with van der Waals surface area (Å²) in [5, 5.41) is 3.45. The van der Waals surface area contributed by atoms with E-state index in [1.165, 1.54) is 0 Å². The first-order valence-corrected chi connectivity index (χ1v) is 7.77. The molecule has 22 heavy (non-hydrogen) atoms. The molecule has 0 amide bonds. The zero-order chi connectivity index (χ0) is 18.2. The minimum Gasteiger partial charge on any atom is -0.317 e. The summed E-state index contributed by atoms with van der Waals surface area (Å²) in [5.41, 5.74) is 0.960. The average molecular weight is 342 g/mol. The summed E-state index contributed by atoms with van der Waals surface area (Å²) in [4.78, 5) is 0. The van der Waals surface area contributed by atoms with E-state index in [4.69, 9.17) is 11.6 Å². The van der Waals surface area contributed by atoms with Crippen LogP contribution in [0.3, 0.4) is 0 Å². The molecule has 0 saturated heterocycles. The highest BCUT2D eigenvalue weighted by Gasteiger charge is 2.35. The molecule has 1 fully saturated rings. The lowest BCUT2D eigenvalue weighted by atomic mass is 9.92. The molecule has 0 aromatic rings. The van der Waals surface area contributed by atoms with Gasteiger partial charge in [-0.25, -0.2) is 8.78 Å². The number of alkyl halides is 3. The first kappa shape index (κ1) is 26.2. The van der Waals surface area contributed by atoms with Crippen molar-refractivity contribution in [2.24, 2.45) is 0 Å². The van der Waals surface area contributed by atoms with Crippen LogP contribution < -0.4 is 5.32 Å². The maximum absolute atomic E-state index is 12.6. The Bertz CT molecular complexity index is 315. The van der Waals surface area contributed by atoms with Crippen LogP contribution in [0.1, 0.15) is 46.5 Å². The number of halogens is 4. The van der Waals surface area contributed by atoms with Gasteiger partial charge in [-0.2, -0.15) is 0 Å². The van der Waals surface area contributed by atoms with Crippen LogP contribution in [0.5, 0.6) is 0 Å². The number of nitrogens with one attached hydrogen (secondary N) is 1. The maximum Gasteiger partial charge on any atom is 0.249 e. The molecule has 5 heteroatoms. The minimum atomic E-state index is -2.41. The molecule has 1 rings (SSSR count). The summed E-state index contributed by atoms with van der Waals surface area (Å²) < 4.78 is 34.7. The van der Waals surface area contributed by atoms with Crippen molar-refractivity contribution in [3.05, 3.63) is 35.9 Å². The second-order valence-electron chi connectivity index (χ2n) is 4.43. The van der Waals surface area contributed by atoms with Crippen molar-refractivity contribution in [3.63, 3.8) is 0 Å². The lowest BCUT2D eigenvalue weighted by molar-refractivity contribution is -0.0432. The molecule has 1 saturated carbocycles. The summed E-state index contributed by atoms with van der Waals surface area (Å²) in [6, 6.07) is 0.0312. The van der Waals surface area contributed by atoms with E-state index in [9.17, 15) is 13.2 Å². The summed E-state index contributed by atoms with van der Waals surface area (Å²) >= 11 is 5.50. The third-order valence-corrected chi connectivity index (χ3v) is 3.14. The zero-order valence-corrected chi connectivity index (χ0v) is 15.2. The van der Waals surface area contributed by atoms with Crippen molar-refractivity contribution in [1.29, 1.82) is 0 Å². The molecule has 132 valence electrons. The second kappa shape index (κ2) is 16.6. The highest BCUT2D eigenvalue weighted by atomic mass is 35.5. The quantitative estimate of drug-likeness (QED) is 0.597. The number of hydrogen-bond acceptors (Lipinski definition) is 1. The topological polar surface area (TPSA) is 12.0 Å². The molecule has 0 aromatic heterocycles. The van der Waals surface area contributed by atoms with Crippen LogP contribution in [-0.4, -0.2) is 26.2 Å². The van der Waals surface area contributed by atoms with Gasteiger partial charge in [-0.1, -0.05) is 50.8 Å². The third kappa shape index (κ3) is 15.6. The standard InChI is InChI=1S/C7H9Cl.C7H13F2N.C2H6.CH3F/c1-4-5-6(2)7(3)8;1-10-6-3-2-4-7(8,9)5-6;2*1-2/h4-5H,1,3H2,2H3;6,10H,2-5H2,1H3;1-2H3;1H3/b6-5-;;;. The van der Waals surface area contributed by atoms with E-state index in [2.05, 4.69) is 18.5 Å². The van der Waals surface area contributed by atoms with Crippen LogP contribution >= 0.6 is 11.6 Å². The van der Waals surface area contributed by atoms with E-state index in [0.717, 1.165) is 12.0 Å². The number of allylic oxidation sites excluding steroid dienone is 4. The van der Waals surface area contributed by atoms with Crippen molar-refractivity contribution in [1.82, 2.24) is 5.32 Å². The predicted molar refractivity (Wildman–Crippen MR) is 93.6 cm³/mol. The molecule has 0 aliphatic heterocycles. The third-order valence-electron chi connectivity index (χ3n) is 2.84. The highest BCUT2D eigenvalue weighted by Crippen LogP contribution is 2.32. The van der Waals surface area contributed by atoms with E-state index in [1.54, 1.807) is 13.1 Å². The fraction of sp³-hybridized carbons (Fsp3) is 0.647. The van der Waals surface area contributed by atoms with Gasteiger partial charge in [-0.05, 0) is 32.4 Å². The smallest absolute Gasteiger partial charge is 0.249 e. The molecule has 0 spiro atoms. The van der Waals surface area contributed by atoms with E-state index < -0.39 is 5.92 Å². The van der Waals surface area contributed by atoms with Crippen molar-refractivity contribution >= 4 is 11.6 Å². The Labute approximate surface area is 139 Å². The molecule has 1 atom stereocenters. The molecule has 1 aliphatic rings. The Morgan fingerprint density at radius 1 is 1.32 bits per heavy atom. The Morgan fingerprint density at radius 2 is 1.82 bits per heavy atom. The zero-order valence-electron chi connectivity index (χ0n) is 14.5. The lowest BCUT2D eigenvalue weighted by Crippen LogP contribution is -2.37. The molecule has 1 aliphatic carbocycles. The van der Waals surface area contributed by atoms with Gasteiger partial charge >= 0.3 is 0 Å². The molecular weight excluding hydrogens is 311 g/mol. The van der Waals surface area contributed by atoms with Gasteiger partial charge in [0.2, 0.25) is 5.92 Å². The van der Waals surface area contributed by atoms with Gasteiger partial charge in [0, 0.05) is 23.9 Å². The Balaban J connectivity index is -0.000000272. The SMILES string of the molecule is C=C/C=C(/C)C(=C)Cl.CC.CF.CNC1CCCC(F)(F)C1. The van der Waals surface area contributed by atoms with Gasteiger partial charge in [-0.3, -0.25) is 4.39 Å². The van der Waals surface area contributed by atoms with Crippen LogP contribution in [0.25, 0.3) is 0 Å². The fourth-order valence-electron chi connectivity index (χ4n) is 1.69. The molecule has 0 aromatic carbocycles. The minimum absolute atomic E-state index is 0.0174. The number of hydrogen-bond donors (Lipinski definition) is 1. The van der Waals surface area contributed by atoms with Gasteiger partial charge in [0.25, 0.3) is 0 Å². The number of rotatable bonds is 3. The molecule has 0 heterocycles. The highest BCUT2D eigenvalue weighted by molar-refractivity contribution is 6.31. The van der Waals surface area contributed by atoms with Crippen LogP contribution in [0, 0.1) is 0 Å². The van der Waals surface area contributed by atoms with Crippen LogP contribution in [0.2, 0.25) is 0 Å². The summed E-state index contributed by atoms with van der Waals surface area (Å²) in [6.45, 7) is 12.9. The summed E-state index contributed by atoms with van der Waals surface area (Å²) in [6.07, 6.45) is 5.14. The predicted octanol–water partition coefficient (Wildman–Crippen LogP) is 6.27. The van der Waals surface area contributed by atoms with Crippen molar-refractivity contribution < 1.29 is 13.2 Å². The van der Waals surface area contributed by atoms with E-state index in [-0.39, 0.29) is 18.9 Å². The Hall–Kier alpha value is -0.740. The Morgan fingerprint density at radius 3 is 2.05 bits per heavy atom. The second-order valence-corrected chi connectivity index (χ2v) is 4.88. The average Bonchev–Trinajstić information content (AvgIpc) is 2.51. The first-order chi connectivity index (χ1) is 10.3. The van der Waals surface area contributed by atoms with Crippen LogP contribution in [0.4, 0.5) is 13.2 Å². The molecule has 0 radical (unpaired) electrons. The molecular formula is C17H31ClF3N. The molecule has 0 bridgehead atoms. The fourth-order valence-corrected chi connectivity index (χ4v) is 1.75. The van der Waals surface area contributed by atoms with Crippen molar-refractivity contribution in [3.8, 4) is 0 Å². The van der Waals surface area contributed by atoms with Gasteiger partial charge in [-0.15, -0.1) is 0 Å². The van der Waals surface area contributed by atoms with E-state index >= 15 is 0 Å².